The molecule has 0 bridgehead atoms. The molecule has 2 heterocycles. The van der Waals surface area contributed by atoms with Crippen LogP contribution in [-0.4, -0.2) is 41.6 Å². The molecular formula is C18H19N3O4. The summed E-state index contributed by atoms with van der Waals surface area (Å²) in [6, 6.07) is 10.4. The Hall–Kier alpha value is -3.09. The lowest BCUT2D eigenvalue weighted by Crippen LogP contribution is -2.45. The van der Waals surface area contributed by atoms with Crippen LogP contribution in [0.15, 0.2) is 48.8 Å². The standard InChI is InChI=1S/C18H19N3O4/c1-24-15-6-2-4-13(8-15)10-20-17(22)16-12-25-18(23)21(16)11-14-5-3-7-19-9-14/h2-9,16H,10-12H2,1H3,(H,20,22)/t16-/m0/s1. The molecule has 0 aliphatic carbocycles. The van der Waals surface area contributed by atoms with Gasteiger partial charge in [-0.2, -0.15) is 0 Å². The Kier molecular flexibility index (Phi) is 5.13. The Morgan fingerprint density at radius 3 is 2.96 bits per heavy atom. The van der Waals surface area contributed by atoms with Crippen LogP contribution in [0.1, 0.15) is 11.1 Å². The predicted molar refractivity (Wildman–Crippen MR) is 89.8 cm³/mol. The molecule has 0 saturated carbocycles. The molecule has 25 heavy (non-hydrogen) atoms. The number of nitrogens with zero attached hydrogens (tertiary/aromatic N) is 2. The number of carbonyl (C=O) groups excluding carboxylic acids is 2. The third-order valence-corrected chi connectivity index (χ3v) is 3.95. The van der Waals surface area contributed by atoms with E-state index in [1.807, 2.05) is 30.3 Å². The highest BCUT2D eigenvalue weighted by atomic mass is 16.6. The number of benzene rings is 1. The summed E-state index contributed by atoms with van der Waals surface area (Å²) in [6.07, 6.45) is 2.83. The van der Waals surface area contributed by atoms with Crippen LogP contribution in [0.3, 0.4) is 0 Å². The summed E-state index contributed by atoms with van der Waals surface area (Å²) >= 11 is 0. The lowest BCUT2D eigenvalue weighted by Gasteiger charge is -2.20. The van der Waals surface area contributed by atoms with Crippen molar-refractivity contribution in [3.63, 3.8) is 0 Å². The van der Waals surface area contributed by atoms with Crippen molar-refractivity contribution in [2.45, 2.75) is 19.1 Å². The summed E-state index contributed by atoms with van der Waals surface area (Å²) in [5.74, 6) is 0.474. The van der Waals surface area contributed by atoms with Gasteiger partial charge in [0.2, 0.25) is 5.91 Å². The number of hydrogen-bond donors (Lipinski definition) is 1. The third kappa shape index (κ3) is 4.06. The largest absolute Gasteiger partial charge is 0.497 e. The van der Waals surface area contributed by atoms with Gasteiger partial charge in [-0.15, -0.1) is 0 Å². The van der Waals surface area contributed by atoms with Crippen LogP contribution in [0.4, 0.5) is 4.79 Å². The molecule has 1 N–H and O–H groups in total. The first-order valence-corrected chi connectivity index (χ1v) is 7.90. The van der Waals surface area contributed by atoms with Crippen LogP contribution in [0, 0.1) is 0 Å². The van der Waals surface area contributed by atoms with Crippen LogP contribution in [0.25, 0.3) is 0 Å². The average Bonchev–Trinajstić information content (AvgIpc) is 3.01. The molecule has 0 unspecified atom stereocenters. The molecule has 0 radical (unpaired) electrons. The van der Waals surface area contributed by atoms with Crippen molar-refractivity contribution in [1.82, 2.24) is 15.2 Å². The Bertz CT molecular complexity index is 751. The smallest absolute Gasteiger partial charge is 0.410 e. The number of pyridine rings is 1. The lowest BCUT2D eigenvalue weighted by atomic mass is 10.2. The molecule has 1 aliphatic rings. The van der Waals surface area contributed by atoms with Crippen molar-refractivity contribution in [2.75, 3.05) is 13.7 Å². The highest BCUT2D eigenvalue weighted by Crippen LogP contribution is 2.17. The zero-order valence-corrected chi connectivity index (χ0v) is 13.8. The number of ether oxygens (including phenoxy) is 2. The lowest BCUT2D eigenvalue weighted by molar-refractivity contribution is -0.125. The van der Waals surface area contributed by atoms with Crippen molar-refractivity contribution in [2.24, 2.45) is 0 Å². The SMILES string of the molecule is COc1cccc(CNC(=O)[C@@H]2COC(=O)N2Cc2cccnc2)c1. The molecule has 1 aromatic carbocycles. The Morgan fingerprint density at radius 2 is 2.20 bits per heavy atom. The topological polar surface area (TPSA) is 80.8 Å². The maximum Gasteiger partial charge on any atom is 0.410 e. The van der Waals surface area contributed by atoms with Crippen LogP contribution >= 0.6 is 0 Å². The summed E-state index contributed by atoms with van der Waals surface area (Å²) in [6.45, 7) is 0.675. The Morgan fingerprint density at radius 1 is 1.36 bits per heavy atom. The number of carbonyl (C=O) groups is 2. The number of methoxy groups -OCH3 is 1. The van der Waals surface area contributed by atoms with E-state index in [-0.39, 0.29) is 19.1 Å². The van der Waals surface area contributed by atoms with Gasteiger partial charge in [0.1, 0.15) is 18.4 Å². The van der Waals surface area contributed by atoms with E-state index in [9.17, 15) is 9.59 Å². The molecule has 3 rings (SSSR count). The first kappa shape index (κ1) is 16.8. The fourth-order valence-corrected chi connectivity index (χ4v) is 2.62. The van der Waals surface area contributed by atoms with E-state index in [0.29, 0.717) is 6.54 Å². The van der Waals surface area contributed by atoms with Crippen LogP contribution in [0.5, 0.6) is 5.75 Å². The minimum atomic E-state index is -0.654. The van der Waals surface area contributed by atoms with E-state index in [1.165, 1.54) is 4.90 Å². The summed E-state index contributed by atoms with van der Waals surface area (Å²) in [5, 5.41) is 2.84. The van der Waals surface area contributed by atoms with Crippen LogP contribution in [-0.2, 0) is 22.6 Å². The van der Waals surface area contributed by atoms with E-state index in [2.05, 4.69) is 10.3 Å². The van der Waals surface area contributed by atoms with Gasteiger partial charge < -0.3 is 14.8 Å². The quantitative estimate of drug-likeness (QED) is 0.865. The van der Waals surface area contributed by atoms with Gasteiger partial charge in [0.05, 0.1) is 13.7 Å². The average molecular weight is 341 g/mol. The van der Waals surface area contributed by atoms with Crippen molar-refractivity contribution in [3.8, 4) is 5.75 Å². The van der Waals surface area contributed by atoms with E-state index in [4.69, 9.17) is 9.47 Å². The summed E-state index contributed by atoms with van der Waals surface area (Å²) in [5.41, 5.74) is 1.75. The Balaban J connectivity index is 1.62. The zero-order valence-electron chi connectivity index (χ0n) is 13.8. The van der Waals surface area contributed by atoms with Crippen LogP contribution < -0.4 is 10.1 Å². The zero-order chi connectivity index (χ0) is 17.6. The Labute approximate surface area is 145 Å². The van der Waals surface area contributed by atoms with Crippen molar-refractivity contribution < 1.29 is 19.1 Å². The summed E-state index contributed by atoms with van der Waals surface area (Å²) < 4.78 is 10.2. The van der Waals surface area contributed by atoms with Gasteiger partial charge in [-0.1, -0.05) is 18.2 Å². The second-order valence-corrected chi connectivity index (χ2v) is 5.65. The molecule has 2 amide bonds. The molecule has 130 valence electrons. The van der Waals surface area contributed by atoms with Gasteiger partial charge in [0.25, 0.3) is 0 Å². The predicted octanol–water partition coefficient (Wildman–Crippen LogP) is 1.73. The van der Waals surface area contributed by atoms with Gasteiger partial charge >= 0.3 is 6.09 Å². The van der Waals surface area contributed by atoms with Crippen molar-refractivity contribution >= 4 is 12.0 Å². The van der Waals surface area contributed by atoms with Gasteiger partial charge in [0.15, 0.2) is 0 Å². The fourth-order valence-electron chi connectivity index (χ4n) is 2.62. The van der Waals surface area contributed by atoms with Gasteiger partial charge in [-0.25, -0.2) is 4.79 Å². The first-order chi connectivity index (χ1) is 12.2. The third-order valence-electron chi connectivity index (χ3n) is 3.95. The highest BCUT2D eigenvalue weighted by molar-refractivity contribution is 5.87. The monoisotopic (exact) mass is 341 g/mol. The summed E-state index contributed by atoms with van der Waals surface area (Å²) in [4.78, 5) is 29.9. The van der Waals surface area contributed by atoms with Gasteiger partial charge in [0, 0.05) is 18.9 Å². The van der Waals surface area contributed by atoms with Crippen molar-refractivity contribution in [1.29, 1.82) is 0 Å². The molecule has 1 fully saturated rings. The second-order valence-electron chi connectivity index (χ2n) is 5.65. The first-order valence-electron chi connectivity index (χ1n) is 7.90. The van der Waals surface area contributed by atoms with E-state index in [1.54, 1.807) is 25.6 Å². The molecule has 0 spiro atoms. The maximum atomic E-state index is 12.5. The molecule has 1 aliphatic heterocycles. The fraction of sp³-hybridized carbons (Fsp3) is 0.278. The number of cyclic esters (lactones) is 1. The molecular weight excluding hydrogens is 322 g/mol. The van der Waals surface area contributed by atoms with Gasteiger partial charge in [-0.3, -0.25) is 14.7 Å². The highest BCUT2D eigenvalue weighted by Gasteiger charge is 2.37. The number of amides is 2. The number of aromatic nitrogens is 1. The second kappa shape index (κ2) is 7.65. The van der Waals surface area contributed by atoms with Gasteiger partial charge in [-0.05, 0) is 29.3 Å². The number of hydrogen-bond acceptors (Lipinski definition) is 5. The molecule has 7 nitrogen and oxygen atoms in total. The molecule has 1 atom stereocenters. The van der Waals surface area contributed by atoms with E-state index < -0.39 is 12.1 Å². The molecule has 7 heteroatoms. The minimum Gasteiger partial charge on any atom is -0.497 e. The summed E-state index contributed by atoms with van der Waals surface area (Å²) in [7, 11) is 1.59. The molecule has 1 saturated heterocycles. The molecule has 2 aromatic rings. The van der Waals surface area contributed by atoms with Crippen molar-refractivity contribution in [3.05, 3.63) is 59.9 Å². The number of nitrogens with one attached hydrogen (secondary N) is 1. The number of rotatable bonds is 6. The van der Waals surface area contributed by atoms with Crippen LogP contribution in [0.2, 0.25) is 0 Å². The normalized spacial score (nSPS) is 16.4. The minimum absolute atomic E-state index is 0.0447. The molecule has 1 aromatic heterocycles. The maximum absolute atomic E-state index is 12.5. The van der Waals surface area contributed by atoms with E-state index >= 15 is 0 Å². The van der Waals surface area contributed by atoms with E-state index in [0.717, 1.165) is 16.9 Å².